The van der Waals surface area contributed by atoms with Gasteiger partial charge in [0.2, 0.25) is 5.78 Å². The van der Waals surface area contributed by atoms with Gasteiger partial charge in [0.15, 0.2) is 0 Å². The maximum Gasteiger partial charge on any atom is 0.337 e. The number of ketones is 1. The van der Waals surface area contributed by atoms with Gasteiger partial charge in [0, 0.05) is 5.56 Å². The first-order valence-electron chi connectivity index (χ1n) is 8.05. The van der Waals surface area contributed by atoms with E-state index < -0.39 is 5.97 Å². The first-order valence-corrected chi connectivity index (χ1v) is 8.05. The molecule has 0 radical (unpaired) electrons. The van der Waals surface area contributed by atoms with Crippen LogP contribution in [0.25, 0.3) is 16.4 Å². The number of carboxylic acid groups (broad SMARTS) is 1. The fourth-order valence-electron chi connectivity index (χ4n) is 3.20. The Morgan fingerprint density at radius 3 is 2.50 bits per heavy atom. The van der Waals surface area contributed by atoms with E-state index in [2.05, 4.69) is 0 Å². The molecule has 26 heavy (non-hydrogen) atoms. The fourth-order valence-corrected chi connectivity index (χ4v) is 3.20. The van der Waals surface area contributed by atoms with Crippen LogP contribution in [0.2, 0.25) is 0 Å². The number of methoxy groups -OCH3 is 1. The lowest BCUT2D eigenvalue weighted by Crippen LogP contribution is -2.06. The molecule has 0 unspecified atom stereocenters. The average molecular weight is 345 g/mol. The molecule has 0 atom stereocenters. The summed E-state index contributed by atoms with van der Waals surface area (Å²) in [6, 6.07) is 19.4. The number of benzene rings is 2. The third kappa shape index (κ3) is 2.41. The number of carbonyl (C=O) groups is 2. The van der Waals surface area contributed by atoms with Crippen LogP contribution in [0.1, 0.15) is 26.4 Å². The predicted octanol–water partition coefficient (Wildman–Crippen LogP) is 4.03. The maximum absolute atomic E-state index is 13.1. The van der Waals surface area contributed by atoms with Crippen LogP contribution in [0.3, 0.4) is 0 Å². The smallest absolute Gasteiger partial charge is 0.337 e. The van der Waals surface area contributed by atoms with E-state index in [0.717, 1.165) is 10.9 Å². The molecule has 0 aliphatic heterocycles. The summed E-state index contributed by atoms with van der Waals surface area (Å²) in [4.78, 5) is 24.8. The van der Waals surface area contributed by atoms with E-state index in [1.165, 1.54) is 13.2 Å². The lowest BCUT2D eigenvalue weighted by Gasteiger charge is -2.08. The highest BCUT2D eigenvalue weighted by Gasteiger charge is 2.21. The molecule has 0 saturated heterocycles. The first kappa shape index (κ1) is 15.9. The van der Waals surface area contributed by atoms with Crippen molar-refractivity contribution >= 4 is 28.2 Å². The molecule has 0 aliphatic rings. The quantitative estimate of drug-likeness (QED) is 0.567. The molecule has 0 saturated carbocycles. The summed E-state index contributed by atoms with van der Waals surface area (Å²) in [5.74, 6) is -0.759. The number of rotatable bonds is 4. The Balaban J connectivity index is 2.03. The molecule has 0 amide bonds. The number of hydrogen-bond donors (Lipinski definition) is 1. The molecule has 0 spiro atoms. The zero-order valence-electron chi connectivity index (χ0n) is 14.0. The molecule has 0 fully saturated rings. The zero-order chi connectivity index (χ0) is 18.3. The molecule has 5 nitrogen and oxygen atoms in total. The standard InChI is InChI=1S/C21H15NO4/c1-26-15-7-4-6-14(11-15)20(23)19-12-16(21(24)25)18-10-9-13-5-2-3-8-17(13)22(18)19/h2-12H,1H3,(H,24,25). The van der Waals surface area contributed by atoms with Crippen molar-refractivity contribution in [3.8, 4) is 5.75 Å². The van der Waals surface area contributed by atoms with Gasteiger partial charge in [0.05, 0.1) is 29.4 Å². The molecule has 2 aromatic carbocycles. The van der Waals surface area contributed by atoms with Crippen LogP contribution in [0.5, 0.6) is 5.75 Å². The van der Waals surface area contributed by atoms with Gasteiger partial charge in [-0.1, -0.05) is 36.4 Å². The lowest BCUT2D eigenvalue weighted by molar-refractivity contribution is 0.0699. The van der Waals surface area contributed by atoms with E-state index in [9.17, 15) is 14.7 Å². The Kier molecular flexibility index (Phi) is 3.69. The van der Waals surface area contributed by atoms with Crippen LogP contribution in [-0.4, -0.2) is 28.4 Å². The van der Waals surface area contributed by atoms with Gasteiger partial charge in [-0.25, -0.2) is 4.79 Å². The number of carbonyl (C=O) groups excluding carboxylic acids is 1. The van der Waals surface area contributed by atoms with Crippen LogP contribution < -0.4 is 4.74 Å². The van der Waals surface area contributed by atoms with Gasteiger partial charge in [-0.2, -0.15) is 0 Å². The van der Waals surface area contributed by atoms with Crippen LogP contribution in [0, 0.1) is 0 Å². The molecule has 128 valence electrons. The highest BCUT2D eigenvalue weighted by atomic mass is 16.5. The zero-order valence-corrected chi connectivity index (χ0v) is 14.0. The average Bonchev–Trinajstić information content (AvgIpc) is 3.08. The number of para-hydroxylation sites is 1. The summed E-state index contributed by atoms with van der Waals surface area (Å²) in [7, 11) is 1.53. The summed E-state index contributed by atoms with van der Waals surface area (Å²) in [5.41, 5.74) is 2.12. The number of aromatic nitrogens is 1. The number of hydrogen-bond acceptors (Lipinski definition) is 3. The van der Waals surface area contributed by atoms with Crippen molar-refractivity contribution in [1.82, 2.24) is 4.40 Å². The topological polar surface area (TPSA) is 68.0 Å². The fraction of sp³-hybridized carbons (Fsp3) is 0.0476. The summed E-state index contributed by atoms with van der Waals surface area (Å²) in [6.45, 7) is 0. The Bertz CT molecular complexity index is 1170. The van der Waals surface area contributed by atoms with Gasteiger partial charge in [-0.05, 0) is 35.7 Å². The van der Waals surface area contributed by atoms with Crippen molar-refractivity contribution in [3.05, 3.63) is 83.6 Å². The van der Waals surface area contributed by atoms with Gasteiger partial charge < -0.3 is 14.2 Å². The van der Waals surface area contributed by atoms with E-state index in [-0.39, 0.29) is 11.3 Å². The molecule has 0 bridgehead atoms. The minimum atomic E-state index is -1.07. The van der Waals surface area contributed by atoms with Crippen LogP contribution >= 0.6 is 0 Å². The monoisotopic (exact) mass is 345 g/mol. The van der Waals surface area contributed by atoms with Gasteiger partial charge in [0.1, 0.15) is 5.75 Å². The first-order chi connectivity index (χ1) is 12.6. The number of carboxylic acids is 1. The third-order valence-electron chi connectivity index (χ3n) is 4.43. The van der Waals surface area contributed by atoms with Crippen molar-refractivity contribution in [2.45, 2.75) is 0 Å². The lowest BCUT2D eigenvalue weighted by atomic mass is 10.1. The molecule has 2 aromatic heterocycles. The van der Waals surface area contributed by atoms with Crippen molar-refractivity contribution in [2.75, 3.05) is 7.11 Å². The summed E-state index contributed by atoms with van der Waals surface area (Å²) < 4.78 is 6.90. The highest BCUT2D eigenvalue weighted by molar-refractivity contribution is 6.12. The molecule has 1 N–H and O–H groups in total. The Morgan fingerprint density at radius 1 is 0.923 bits per heavy atom. The number of ether oxygens (including phenoxy) is 1. The molecule has 4 aromatic rings. The Hall–Kier alpha value is -3.60. The number of nitrogens with zero attached hydrogens (tertiary/aromatic N) is 1. The highest BCUT2D eigenvalue weighted by Crippen LogP contribution is 2.26. The predicted molar refractivity (Wildman–Crippen MR) is 98.3 cm³/mol. The molecular formula is C21H15NO4. The summed E-state index contributed by atoms with van der Waals surface area (Å²) in [6.07, 6.45) is 0. The number of pyridine rings is 1. The molecule has 5 heteroatoms. The molecular weight excluding hydrogens is 330 g/mol. The van der Waals surface area contributed by atoms with Gasteiger partial charge in [-0.15, -0.1) is 0 Å². The maximum atomic E-state index is 13.1. The van der Waals surface area contributed by atoms with E-state index in [1.54, 1.807) is 34.7 Å². The van der Waals surface area contributed by atoms with Crippen LogP contribution in [-0.2, 0) is 0 Å². The second-order valence-corrected chi connectivity index (χ2v) is 5.92. The second-order valence-electron chi connectivity index (χ2n) is 5.92. The number of fused-ring (bicyclic) bond motifs is 3. The van der Waals surface area contributed by atoms with Crippen molar-refractivity contribution < 1.29 is 19.4 Å². The molecule has 2 heterocycles. The largest absolute Gasteiger partial charge is 0.497 e. The SMILES string of the molecule is COc1cccc(C(=O)c2cc(C(=O)O)c3ccc4ccccc4n23)c1. The van der Waals surface area contributed by atoms with Crippen LogP contribution in [0.15, 0.2) is 66.7 Å². The Morgan fingerprint density at radius 2 is 1.73 bits per heavy atom. The van der Waals surface area contributed by atoms with Crippen molar-refractivity contribution in [2.24, 2.45) is 0 Å². The van der Waals surface area contributed by atoms with E-state index in [0.29, 0.717) is 22.5 Å². The normalized spacial score (nSPS) is 11.0. The minimum absolute atomic E-state index is 0.0991. The van der Waals surface area contributed by atoms with Gasteiger partial charge in [-0.3, -0.25) is 4.79 Å². The second kappa shape index (κ2) is 6.04. The minimum Gasteiger partial charge on any atom is -0.497 e. The Labute approximate surface area is 149 Å². The van der Waals surface area contributed by atoms with E-state index in [4.69, 9.17) is 4.74 Å². The molecule has 0 aliphatic carbocycles. The summed E-state index contributed by atoms with van der Waals surface area (Å²) >= 11 is 0. The van der Waals surface area contributed by atoms with E-state index >= 15 is 0 Å². The number of aromatic carboxylic acids is 1. The van der Waals surface area contributed by atoms with Crippen LogP contribution in [0.4, 0.5) is 0 Å². The van der Waals surface area contributed by atoms with Gasteiger partial charge in [0.25, 0.3) is 0 Å². The third-order valence-corrected chi connectivity index (χ3v) is 4.43. The van der Waals surface area contributed by atoms with Crippen molar-refractivity contribution in [3.63, 3.8) is 0 Å². The molecule has 4 rings (SSSR count). The van der Waals surface area contributed by atoms with Gasteiger partial charge >= 0.3 is 5.97 Å². The van der Waals surface area contributed by atoms with E-state index in [1.807, 2.05) is 30.3 Å². The summed E-state index contributed by atoms with van der Waals surface area (Å²) in [5, 5.41) is 10.5. The van der Waals surface area contributed by atoms with Crippen molar-refractivity contribution in [1.29, 1.82) is 0 Å².